The van der Waals surface area contributed by atoms with Gasteiger partial charge in [-0.1, -0.05) is 12.5 Å². The minimum Gasteiger partial charge on any atom is -0.493 e. The lowest BCUT2D eigenvalue weighted by atomic mass is 9.84. The van der Waals surface area contributed by atoms with Crippen molar-refractivity contribution in [2.75, 3.05) is 39.3 Å². The number of benzene rings is 1. The molecule has 0 spiro atoms. The van der Waals surface area contributed by atoms with E-state index in [1.165, 1.54) is 0 Å². The second-order valence-electron chi connectivity index (χ2n) is 7.57. The zero-order valence-corrected chi connectivity index (χ0v) is 16.3. The molecule has 0 radical (unpaired) electrons. The monoisotopic (exact) mass is 373 g/mol. The zero-order valence-electron chi connectivity index (χ0n) is 16.3. The van der Waals surface area contributed by atoms with Crippen molar-refractivity contribution < 1.29 is 14.3 Å². The maximum Gasteiger partial charge on any atom is 0.254 e. The van der Waals surface area contributed by atoms with Gasteiger partial charge in [0.2, 0.25) is 5.91 Å². The normalized spacial score (nSPS) is 18.0. The van der Waals surface area contributed by atoms with E-state index in [-0.39, 0.29) is 17.7 Å². The van der Waals surface area contributed by atoms with Gasteiger partial charge in [-0.15, -0.1) is 0 Å². The minimum absolute atomic E-state index is 0.0108. The Kier molecular flexibility index (Phi) is 6.72. The molecule has 0 atom stereocenters. The predicted molar refractivity (Wildman–Crippen MR) is 105 cm³/mol. The Balaban J connectivity index is 1.61. The van der Waals surface area contributed by atoms with Crippen molar-refractivity contribution in [1.29, 1.82) is 0 Å². The van der Waals surface area contributed by atoms with E-state index in [0.717, 1.165) is 50.0 Å². The second kappa shape index (κ2) is 9.22. The molecule has 6 nitrogen and oxygen atoms in total. The number of nitrogens with zero attached hydrogens (tertiary/aromatic N) is 2. The standard InChI is InChI=1S/C21H31N3O3/c1-16-7-8-18(15-19(16)27-14-3-9-22)21(26)24-11-4-10-23(12-13-24)20(25)17-5-2-6-17/h7-8,15,17H,2-6,9-14,22H2,1H3. The van der Waals surface area contributed by atoms with Crippen molar-refractivity contribution in [1.82, 2.24) is 9.80 Å². The molecule has 2 N–H and O–H groups in total. The molecule has 2 amide bonds. The van der Waals surface area contributed by atoms with Gasteiger partial charge in [-0.3, -0.25) is 9.59 Å². The van der Waals surface area contributed by atoms with Gasteiger partial charge in [-0.05, 0) is 56.8 Å². The molecule has 1 aromatic carbocycles. The first kappa shape index (κ1) is 19.7. The molecule has 0 bridgehead atoms. The number of aryl methyl sites for hydroxylation is 1. The summed E-state index contributed by atoms with van der Waals surface area (Å²) in [5.41, 5.74) is 7.17. The highest BCUT2D eigenvalue weighted by Gasteiger charge is 2.31. The fraction of sp³-hybridized carbons (Fsp3) is 0.619. The molecule has 0 aromatic heterocycles. The van der Waals surface area contributed by atoms with Gasteiger partial charge < -0.3 is 20.3 Å². The zero-order chi connectivity index (χ0) is 19.2. The van der Waals surface area contributed by atoms with E-state index >= 15 is 0 Å². The first-order valence-corrected chi connectivity index (χ1v) is 10.1. The van der Waals surface area contributed by atoms with E-state index in [0.29, 0.717) is 38.3 Å². The number of rotatable bonds is 6. The smallest absolute Gasteiger partial charge is 0.254 e. The SMILES string of the molecule is Cc1ccc(C(=O)N2CCCN(C(=O)C3CCC3)CC2)cc1OCCCN. The van der Waals surface area contributed by atoms with Gasteiger partial charge in [-0.25, -0.2) is 0 Å². The lowest BCUT2D eigenvalue weighted by Gasteiger charge is -2.31. The first-order chi connectivity index (χ1) is 13.1. The fourth-order valence-corrected chi connectivity index (χ4v) is 3.59. The van der Waals surface area contributed by atoms with Gasteiger partial charge in [-0.2, -0.15) is 0 Å². The molecule has 27 heavy (non-hydrogen) atoms. The summed E-state index contributed by atoms with van der Waals surface area (Å²) < 4.78 is 5.77. The maximum atomic E-state index is 13.0. The molecule has 0 unspecified atom stereocenters. The fourth-order valence-electron chi connectivity index (χ4n) is 3.59. The van der Waals surface area contributed by atoms with Crippen molar-refractivity contribution in [3.63, 3.8) is 0 Å². The largest absolute Gasteiger partial charge is 0.493 e. The Bertz CT molecular complexity index is 673. The summed E-state index contributed by atoms with van der Waals surface area (Å²) >= 11 is 0. The highest BCUT2D eigenvalue weighted by atomic mass is 16.5. The average molecular weight is 373 g/mol. The summed E-state index contributed by atoms with van der Waals surface area (Å²) in [5.74, 6) is 1.25. The number of hydrogen-bond acceptors (Lipinski definition) is 4. The molecule has 1 saturated heterocycles. The average Bonchev–Trinajstić information content (AvgIpc) is 2.87. The molecular weight excluding hydrogens is 342 g/mol. The van der Waals surface area contributed by atoms with Crippen LogP contribution in [0.3, 0.4) is 0 Å². The Morgan fingerprint density at radius 2 is 1.85 bits per heavy atom. The van der Waals surface area contributed by atoms with Crippen LogP contribution in [0.4, 0.5) is 0 Å². The van der Waals surface area contributed by atoms with Gasteiger partial charge in [0, 0.05) is 37.7 Å². The van der Waals surface area contributed by atoms with Crippen LogP contribution in [-0.2, 0) is 4.79 Å². The number of carbonyl (C=O) groups excluding carboxylic acids is 2. The molecule has 1 heterocycles. The summed E-state index contributed by atoms with van der Waals surface area (Å²) in [6, 6.07) is 5.61. The minimum atomic E-state index is 0.0108. The molecule has 1 saturated carbocycles. The third-order valence-corrected chi connectivity index (χ3v) is 5.59. The predicted octanol–water partition coefficient (Wildman–Crippen LogP) is 2.20. The molecule has 6 heteroatoms. The molecule has 3 rings (SSSR count). The van der Waals surface area contributed by atoms with Crippen LogP contribution < -0.4 is 10.5 Å². The van der Waals surface area contributed by atoms with Crippen molar-refractivity contribution in [2.45, 2.75) is 39.0 Å². The van der Waals surface area contributed by atoms with Crippen LogP contribution in [0.15, 0.2) is 18.2 Å². The first-order valence-electron chi connectivity index (χ1n) is 10.1. The third-order valence-electron chi connectivity index (χ3n) is 5.59. The Morgan fingerprint density at radius 3 is 2.56 bits per heavy atom. The summed E-state index contributed by atoms with van der Waals surface area (Å²) in [4.78, 5) is 29.3. The van der Waals surface area contributed by atoms with E-state index in [1.54, 1.807) is 0 Å². The number of amides is 2. The highest BCUT2D eigenvalue weighted by molar-refractivity contribution is 5.94. The Labute approximate surface area is 161 Å². The highest BCUT2D eigenvalue weighted by Crippen LogP contribution is 2.28. The van der Waals surface area contributed by atoms with Gasteiger partial charge in [0.05, 0.1) is 6.61 Å². The Morgan fingerprint density at radius 1 is 1.11 bits per heavy atom. The summed E-state index contributed by atoms with van der Waals surface area (Å²) in [7, 11) is 0. The van der Waals surface area contributed by atoms with Crippen LogP contribution in [-0.4, -0.2) is 60.9 Å². The van der Waals surface area contributed by atoms with Crippen molar-refractivity contribution in [3.05, 3.63) is 29.3 Å². The molecule has 1 aliphatic heterocycles. The van der Waals surface area contributed by atoms with Gasteiger partial charge in [0.15, 0.2) is 0 Å². The van der Waals surface area contributed by atoms with Crippen LogP contribution >= 0.6 is 0 Å². The summed E-state index contributed by atoms with van der Waals surface area (Å²) in [6.07, 6.45) is 4.82. The second-order valence-corrected chi connectivity index (χ2v) is 7.57. The lowest BCUT2D eigenvalue weighted by Crippen LogP contribution is -2.41. The van der Waals surface area contributed by atoms with Gasteiger partial charge >= 0.3 is 0 Å². The van der Waals surface area contributed by atoms with E-state index in [2.05, 4.69) is 0 Å². The van der Waals surface area contributed by atoms with E-state index in [9.17, 15) is 9.59 Å². The van der Waals surface area contributed by atoms with Crippen molar-refractivity contribution in [2.24, 2.45) is 11.7 Å². The van der Waals surface area contributed by atoms with Gasteiger partial charge in [0.1, 0.15) is 5.75 Å². The van der Waals surface area contributed by atoms with Crippen LogP contribution in [0.25, 0.3) is 0 Å². The molecule has 148 valence electrons. The number of hydrogen-bond donors (Lipinski definition) is 1. The molecule has 1 aliphatic carbocycles. The quantitative estimate of drug-likeness (QED) is 0.776. The third kappa shape index (κ3) is 4.80. The number of ether oxygens (including phenoxy) is 1. The molecular formula is C21H31N3O3. The molecule has 2 aliphatic rings. The number of nitrogens with two attached hydrogens (primary N) is 1. The summed E-state index contributed by atoms with van der Waals surface area (Å²) in [5, 5.41) is 0. The lowest BCUT2D eigenvalue weighted by molar-refractivity contribution is -0.138. The molecule has 2 fully saturated rings. The molecule has 1 aromatic rings. The topological polar surface area (TPSA) is 75.9 Å². The number of carbonyl (C=O) groups is 2. The van der Waals surface area contributed by atoms with Crippen LogP contribution in [0.2, 0.25) is 0 Å². The van der Waals surface area contributed by atoms with E-state index < -0.39 is 0 Å². The Hall–Kier alpha value is -2.08. The van der Waals surface area contributed by atoms with Gasteiger partial charge in [0.25, 0.3) is 5.91 Å². The van der Waals surface area contributed by atoms with Crippen molar-refractivity contribution in [3.8, 4) is 5.75 Å². The summed E-state index contributed by atoms with van der Waals surface area (Å²) in [6.45, 7) is 5.77. The van der Waals surface area contributed by atoms with Crippen LogP contribution in [0.1, 0.15) is 48.0 Å². The van der Waals surface area contributed by atoms with E-state index in [4.69, 9.17) is 10.5 Å². The van der Waals surface area contributed by atoms with Crippen LogP contribution in [0.5, 0.6) is 5.75 Å². The maximum absolute atomic E-state index is 13.0. The van der Waals surface area contributed by atoms with Crippen LogP contribution in [0, 0.1) is 12.8 Å². The van der Waals surface area contributed by atoms with Crippen molar-refractivity contribution >= 4 is 11.8 Å². The van der Waals surface area contributed by atoms with E-state index in [1.807, 2.05) is 34.9 Å².